The van der Waals surface area contributed by atoms with Gasteiger partial charge in [0.05, 0.1) is 14.2 Å². The maximum absolute atomic E-state index is 11.7. The molecule has 3 rings (SSSR count). The van der Waals surface area contributed by atoms with Crippen molar-refractivity contribution in [2.75, 3.05) is 20.8 Å². The van der Waals surface area contributed by atoms with Crippen LogP contribution in [0.1, 0.15) is 35.3 Å². The highest BCUT2D eigenvalue weighted by atomic mass is 16.5. The molecule has 1 N–H and O–H groups in total. The third-order valence-electron chi connectivity index (χ3n) is 4.27. The lowest BCUT2D eigenvalue weighted by Gasteiger charge is -2.25. The SMILES string of the molecule is COC(=O)c1cc2cc(CNCC3CCC3)cnc2c(OC)n1. The van der Waals surface area contributed by atoms with E-state index in [1.807, 2.05) is 12.3 Å². The fourth-order valence-corrected chi connectivity index (χ4v) is 2.72. The van der Waals surface area contributed by atoms with Crippen molar-refractivity contribution in [3.63, 3.8) is 0 Å². The average molecular weight is 315 g/mol. The van der Waals surface area contributed by atoms with E-state index in [1.165, 1.54) is 33.5 Å². The van der Waals surface area contributed by atoms with Crippen molar-refractivity contribution >= 4 is 16.9 Å². The van der Waals surface area contributed by atoms with Crippen molar-refractivity contribution in [1.82, 2.24) is 15.3 Å². The molecule has 0 spiro atoms. The second kappa shape index (κ2) is 6.91. The second-order valence-corrected chi connectivity index (χ2v) is 5.85. The summed E-state index contributed by atoms with van der Waals surface area (Å²) in [5.74, 6) is 0.661. The van der Waals surface area contributed by atoms with E-state index >= 15 is 0 Å². The molecule has 0 radical (unpaired) electrons. The topological polar surface area (TPSA) is 73.3 Å². The lowest BCUT2D eigenvalue weighted by molar-refractivity contribution is 0.0593. The Labute approximate surface area is 135 Å². The fourth-order valence-electron chi connectivity index (χ4n) is 2.72. The van der Waals surface area contributed by atoms with Crippen LogP contribution in [0, 0.1) is 5.92 Å². The van der Waals surface area contributed by atoms with Crippen LogP contribution < -0.4 is 10.1 Å². The molecule has 0 aromatic carbocycles. The summed E-state index contributed by atoms with van der Waals surface area (Å²) < 4.78 is 9.98. The number of nitrogens with zero attached hydrogens (tertiary/aromatic N) is 2. The first-order chi connectivity index (χ1) is 11.2. The number of fused-ring (bicyclic) bond motifs is 1. The van der Waals surface area contributed by atoms with Crippen LogP contribution in [0.3, 0.4) is 0 Å². The normalized spacial score (nSPS) is 14.5. The first-order valence-corrected chi connectivity index (χ1v) is 7.84. The van der Waals surface area contributed by atoms with Crippen LogP contribution >= 0.6 is 0 Å². The van der Waals surface area contributed by atoms with Crippen molar-refractivity contribution in [2.24, 2.45) is 5.92 Å². The second-order valence-electron chi connectivity index (χ2n) is 5.85. The maximum Gasteiger partial charge on any atom is 0.356 e. The van der Waals surface area contributed by atoms with Gasteiger partial charge in [0.1, 0.15) is 5.52 Å². The predicted molar refractivity (Wildman–Crippen MR) is 86.5 cm³/mol. The van der Waals surface area contributed by atoms with Crippen LogP contribution in [0.15, 0.2) is 18.3 Å². The van der Waals surface area contributed by atoms with Gasteiger partial charge in [-0.05, 0) is 43.0 Å². The zero-order chi connectivity index (χ0) is 16.2. The summed E-state index contributed by atoms with van der Waals surface area (Å²) in [6.07, 6.45) is 5.83. The van der Waals surface area contributed by atoms with Crippen molar-refractivity contribution in [2.45, 2.75) is 25.8 Å². The summed E-state index contributed by atoms with van der Waals surface area (Å²) in [6.45, 7) is 1.81. The molecule has 0 aliphatic heterocycles. The molecule has 6 heteroatoms. The number of rotatable bonds is 6. The molecule has 122 valence electrons. The highest BCUT2D eigenvalue weighted by molar-refractivity contribution is 5.94. The van der Waals surface area contributed by atoms with Gasteiger partial charge >= 0.3 is 5.97 Å². The Bertz CT molecular complexity index is 714. The number of carbonyl (C=O) groups is 1. The number of methoxy groups -OCH3 is 2. The minimum Gasteiger partial charge on any atom is -0.479 e. The van der Waals surface area contributed by atoms with E-state index in [0.29, 0.717) is 11.4 Å². The largest absolute Gasteiger partial charge is 0.479 e. The van der Waals surface area contributed by atoms with E-state index < -0.39 is 5.97 Å². The number of esters is 1. The van der Waals surface area contributed by atoms with Gasteiger partial charge in [0, 0.05) is 18.1 Å². The van der Waals surface area contributed by atoms with Crippen molar-refractivity contribution < 1.29 is 14.3 Å². The van der Waals surface area contributed by atoms with Gasteiger partial charge in [0.2, 0.25) is 5.88 Å². The maximum atomic E-state index is 11.7. The number of hydrogen-bond acceptors (Lipinski definition) is 6. The van der Waals surface area contributed by atoms with Crippen molar-refractivity contribution in [3.8, 4) is 5.88 Å². The van der Waals surface area contributed by atoms with E-state index in [4.69, 9.17) is 9.47 Å². The van der Waals surface area contributed by atoms with Gasteiger partial charge in [-0.2, -0.15) is 0 Å². The molecule has 0 saturated heterocycles. The quantitative estimate of drug-likeness (QED) is 0.825. The minimum absolute atomic E-state index is 0.221. The average Bonchev–Trinajstić information content (AvgIpc) is 2.54. The molecular weight excluding hydrogens is 294 g/mol. The first-order valence-electron chi connectivity index (χ1n) is 7.84. The Morgan fingerprint density at radius 3 is 2.83 bits per heavy atom. The van der Waals surface area contributed by atoms with Gasteiger partial charge in [0.25, 0.3) is 0 Å². The molecule has 2 aromatic heterocycles. The van der Waals surface area contributed by atoms with Gasteiger partial charge < -0.3 is 14.8 Å². The number of aromatic nitrogens is 2. The molecule has 2 aromatic rings. The molecule has 0 atom stereocenters. The molecule has 0 amide bonds. The molecule has 1 fully saturated rings. The zero-order valence-corrected chi connectivity index (χ0v) is 13.5. The first kappa shape index (κ1) is 15.7. The molecular formula is C17H21N3O3. The van der Waals surface area contributed by atoms with Crippen molar-refractivity contribution in [3.05, 3.63) is 29.6 Å². The zero-order valence-electron chi connectivity index (χ0n) is 13.5. The fraction of sp³-hybridized carbons (Fsp3) is 0.471. The van der Waals surface area contributed by atoms with E-state index in [9.17, 15) is 4.79 Å². The van der Waals surface area contributed by atoms with Gasteiger partial charge in [0.15, 0.2) is 5.69 Å². The highest BCUT2D eigenvalue weighted by Crippen LogP contribution is 2.26. The van der Waals surface area contributed by atoms with Crippen LogP contribution in [-0.2, 0) is 11.3 Å². The molecule has 0 unspecified atom stereocenters. The summed E-state index contributed by atoms with van der Waals surface area (Å²) in [6, 6.07) is 3.69. The molecule has 6 nitrogen and oxygen atoms in total. The van der Waals surface area contributed by atoms with E-state index in [0.717, 1.165) is 30.0 Å². The summed E-state index contributed by atoms with van der Waals surface area (Å²) >= 11 is 0. The lowest BCUT2D eigenvalue weighted by atomic mass is 9.85. The predicted octanol–water partition coefficient (Wildman–Crippen LogP) is 2.31. The van der Waals surface area contributed by atoms with Gasteiger partial charge in [-0.3, -0.25) is 4.98 Å². The van der Waals surface area contributed by atoms with Gasteiger partial charge in [-0.1, -0.05) is 6.42 Å². The summed E-state index contributed by atoms with van der Waals surface area (Å²) in [5.41, 5.74) is 1.93. The number of ether oxygens (including phenoxy) is 2. The number of nitrogens with one attached hydrogen (secondary N) is 1. The molecule has 2 heterocycles. The smallest absolute Gasteiger partial charge is 0.356 e. The third-order valence-corrected chi connectivity index (χ3v) is 4.27. The number of carbonyl (C=O) groups excluding carboxylic acids is 1. The Balaban J connectivity index is 1.82. The number of pyridine rings is 2. The third kappa shape index (κ3) is 3.42. The van der Waals surface area contributed by atoms with Crippen LogP contribution in [0.5, 0.6) is 5.88 Å². The van der Waals surface area contributed by atoms with Crippen LogP contribution in [0.2, 0.25) is 0 Å². The summed E-state index contributed by atoms with van der Waals surface area (Å²) in [4.78, 5) is 20.3. The van der Waals surface area contributed by atoms with E-state index in [1.54, 1.807) is 6.07 Å². The summed E-state index contributed by atoms with van der Waals surface area (Å²) in [5, 5.41) is 4.29. The summed E-state index contributed by atoms with van der Waals surface area (Å²) in [7, 11) is 2.85. The van der Waals surface area contributed by atoms with Crippen molar-refractivity contribution in [1.29, 1.82) is 0 Å². The molecule has 23 heavy (non-hydrogen) atoms. The van der Waals surface area contributed by atoms with Gasteiger partial charge in [-0.15, -0.1) is 0 Å². The standard InChI is InChI=1S/C17H21N3O3/c1-22-16-15-13(7-14(20-16)17(21)23-2)6-12(10-19-15)9-18-8-11-4-3-5-11/h6-7,10-11,18H,3-5,8-9H2,1-2H3. The lowest BCUT2D eigenvalue weighted by Crippen LogP contribution is -2.26. The van der Waals surface area contributed by atoms with Crippen LogP contribution in [0.4, 0.5) is 0 Å². The minimum atomic E-state index is -0.487. The Morgan fingerprint density at radius 1 is 1.35 bits per heavy atom. The Hall–Kier alpha value is -2.21. The molecule has 1 aliphatic carbocycles. The number of hydrogen-bond donors (Lipinski definition) is 1. The van der Waals surface area contributed by atoms with Crippen LogP contribution in [0.25, 0.3) is 10.9 Å². The molecule has 1 aliphatic rings. The van der Waals surface area contributed by atoms with E-state index in [-0.39, 0.29) is 5.69 Å². The Morgan fingerprint density at radius 2 is 2.17 bits per heavy atom. The van der Waals surface area contributed by atoms with Gasteiger partial charge in [-0.25, -0.2) is 9.78 Å². The molecule has 0 bridgehead atoms. The Kier molecular flexibility index (Phi) is 4.71. The van der Waals surface area contributed by atoms with E-state index in [2.05, 4.69) is 15.3 Å². The monoisotopic (exact) mass is 315 g/mol. The molecule has 1 saturated carbocycles. The van der Waals surface area contributed by atoms with Crippen LogP contribution in [-0.4, -0.2) is 36.7 Å². The highest BCUT2D eigenvalue weighted by Gasteiger charge is 2.17.